The second-order valence-electron chi connectivity index (χ2n) is 10.9. The molecule has 3 aromatic carbocycles. The van der Waals surface area contributed by atoms with Gasteiger partial charge in [-0.2, -0.15) is 5.26 Å². The Kier molecular flexibility index (Phi) is 9.94. The average Bonchev–Trinajstić information content (AvgIpc) is 3.61. The molecule has 246 valence electrons. The molecule has 0 bridgehead atoms. The van der Waals surface area contributed by atoms with Crippen LogP contribution in [-0.4, -0.2) is 58.8 Å². The summed E-state index contributed by atoms with van der Waals surface area (Å²) in [4.78, 5) is 16.4. The van der Waals surface area contributed by atoms with E-state index in [2.05, 4.69) is 20.6 Å². The number of hydrogen-bond donors (Lipinski definition) is 2. The molecule has 0 saturated carbocycles. The van der Waals surface area contributed by atoms with Gasteiger partial charge in [-0.25, -0.2) is 9.61 Å². The van der Waals surface area contributed by atoms with Gasteiger partial charge in [0.15, 0.2) is 22.8 Å². The zero-order chi connectivity index (χ0) is 33.5. The van der Waals surface area contributed by atoms with Crippen molar-refractivity contribution in [1.82, 2.24) is 20.6 Å². The number of rotatable bonds is 13. The molecule has 2 aromatic heterocycles. The van der Waals surface area contributed by atoms with Crippen molar-refractivity contribution in [1.29, 1.82) is 5.26 Å². The number of nitrogens with zero attached hydrogens (tertiary/aromatic N) is 4. The predicted molar refractivity (Wildman–Crippen MR) is 171 cm³/mol. The van der Waals surface area contributed by atoms with Gasteiger partial charge in [0.05, 0.1) is 13.2 Å². The van der Waals surface area contributed by atoms with Gasteiger partial charge in [0, 0.05) is 24.4 Å². The first-order valence-electron chi connectivity index (χ1n) is 15.4. The molecule has 0 aliphatic carbocycles. The Labute approximate surface area is 275 Å². The standard InChI is InChI=1S/C35H33N5O8/c1-3-43-35(42)28(18-41)38-17-27-30(46-19-22-9-10-37-25(13-22)16-36)15-32(34-33(27)39-48-40-34)47-20-24-5-4-6-26(21(24)2)23-7-8-29-31(14-23)45-12-11-44-29/h4-10,13-15,28,38,41H,3,11-12,17-20H2,1-2H3. The molecule has 3 heterocycles. The van der Waals surface area contributed by atoms with Crippen molar-refractivity contribution in [3.05, 3.63) is 88.7 Å². The summed E-state index contributed by atoms with van der Waals surface area (Å²) in [5, 5.41) is 30.4. The highest BCUT2D eigenvalue weighted by Crippen LogP contribution is 2.38. The lowest BCUT2D eigenvalue weighted by atomic mass is 9.96. The average molecular weight is 652 g/mol. The number of nitriles is 1. The Balaban J connectivity index is 1.29. The highest BCUT2D eigenvalue weighted by Gasteiger charge is 2.24. The summed E-state index contributed by atoms with van der Waals surface area (Å²) in [6, 6.07) is 18.0. The van der Waals surface area contributed by atoms with Crippen molar-refractivity contribution < 1.29 is 38.2 Å². The summed E-state index contributed by atoms with van der Waals surface area (Å²) >= 11 is 0. The molecule has 1 aliphatic rings. The van der Waals surface area contributed by atoms with Crippen molar-refractivity contribution in [2.24, 2.45) is 0 Å². The number of pyridine rings is 1. The Hall–Kier alpha value is -5.71. The van der Waals surface area contributed by atoms with Crippen molar-refractivity contribution in [3.63, 3.8) is 0 Å². The number of carbonyl (C=O) groups is 1. The summed E-state index contributed by atoms with van der Waals surface area (Å²) in [6.45, 7) is 4.81. The van der Waals surface area contributed by atoms with Gasteiger partial charge in [-0.15, -0.1) is 0 Å². The van der Waals surface area contributed by atoms with Crippen LogP contribution in [0.5, 0.6) is 23.0 Å². The van der Waals surface area contributed by atoms with Crippen LogP contribution in [0.2, 0.25) is 0 Å². The molecule has 13 heteroatoms. The number of benzene rings is 3. The van der Waals surface area contributed by atoms with E-state index in [0.717, 1.165) is 28.0 Å². The van der Waals surface area contributed by atoms with Crippen LogP contribution in [0.1, 0.15) is 34.9 Å². The molecule has 5 aromatic rings. The number of nitrogens with one attached hydrogen (secondary N) is 1. The summed E-state index contributed by atoms with van der Waals surface area (Å²) in [5.41, 5.74) is 6.20. The molecule has 1 atom stereocenters. The quantitative estimate of drug-likeness (QED) is 0.172. The second kappa shape index (κ2) is 14.8. The number of aromatic nitrogens is 3. The topological polar surface area (TPSA) is 171 Å². The minimum absolute atomic E-state index is 0.0564. The van der Waals surface area contributed by atoms with Crippen molar-refractivity contribution in [2.45, 2.75) is 39.6 Å². The van der Waals surface area contributed by atoms with Crippen LogP contribution in [0.25, 0.3) is 22.2 Å². The molecule has 2 N–H and O–H groups in total. The lowest BCUT2D eigenvalue weighted by Gasteiger charge is -2.20. The summed E-state index contributed by atoms with van der Waals surface area (Å²) in [7, 11) is 0. The second-order valence-corrected chi connectivity index (χ2v) is 10.9. The van der Waals surface area contributed by atoms with Gasteiger partial charge in [-0.05, 0) is 76.2 Å². The number of aliphatic hydroxyl groups is 1. The maximum absolute atomic E-state index is 12.4. The van der Waals surface area contributed by atoms with Crippen LogP contribution in [-0.2, 0) is 29.3 Å². The summed E-state index contributed by atoms with van der Waals surface area (Å²) in [6.07, 6.45) is 1.53. The first-order valence-corrected chi connectivity index (χ1v) is 15.4. The van der Waals surface area contributed by atoms with Gasteiger partial charge in [0.1, 0.15) is 55.5 Å². The highest BCUT2D eigenvalue weighted by molar-refractivity contribution is 5.86. The number of carbonyl (C=O) groups excluding carboxylic acids is 1. The van der Waals surface area contributed by atoms with E-state index in [1.165, 1.54) is 6.20 Å². The van der Waals surface area contributed by atoms with Crippen molar-refractivity contribution in [3.8, 4) is 40.2 Å². The van der Waals surface area contributed by atoms with Crippen LogP contribution in [0, 0.1) is 18.3 Å². The smallest absolute Gasteiger partial charge is 0.325 e. The van der Waals surface area contributed by atoms with Crippen LogP contribution in [0.15, 0.2) is 65.4 Å². The molecule has 0 radical (unpaired) electrons. The molecule has 48 heavy (non-hydrogen) atoms. The molecule has 6 rings (SSSR count). The Morgan fingerprint density at radius 2 is 1.83 bits per heavy atom. The fourth-order valence-corrected chi connectivity index (χ4v) is 5.34. The molecule has 0 amide bonds. The lowest BCUT2D eigenvalue weighted by molar-refractivity contribution is -0.146. The van der Waals surface area contributed by atoms with E-state index in [4.69, 9.17) is 28.3 Å². The highest BCUT2D eigenvalue weighted by atomic mass is 16.6. The molecular weight excluding hydrogens is 618 g/mol. The van der Waals surface area contributed by atoms with Gasteiger partial charge in [0.25, 0.3) is 0 Å². The number of hydrogen-bond acceptors (Lipinski definition) is 13. The summed E-state index contributed by atoms with van der Waals surface area (Å²) in [5.74, 6) is 1.59. The van der Waals surface area contributed by atoms with Crippen LogP contribution in [0.3, 0.4) is 0 Å². The third-order valence-electron chi connectivity index (χ3n) is 7.86. The number of ether oxygens (including phenoxy) is 5. The van der Waals surface area contributed by atoms with E-state index in [0.29, 0.717) is 52.6 Å². The minimum Gasteiger partial charge on any atom is -0.488 e. The van der Waals surface area contributed by atoms with Crippen LogP contribution < -0.4 is 24.3 Å². The first-order chi connectivity index (χ1) is 23.5. The molecule has 0 saturated heterocycles. The SMILES string of the molecule is CCOC(=O)C(CO)NCc1c(OCc2ccnc(C#N)c2)cc(OCc2cccc(-c3ccc4c(c3)OCCO4)c2C)c2nonc12. The van der Waals surface area contributed by atoms with Crippen molar-refractivity contribution >= 4 is 17.0 Å². The van der Waals surface area contributed by atoms with E-state index in [-0.39, 0.29) is 32.1 Å². The van der Waals surface area contributed by atoms with Gasteiger partial charge in [-0.3, -0.25) is 10.1 Å². The van der Waals surface area contributed by atoms with Gasteiger partial charge < -0.3 is 28.8 Å². The largest absolute Gasteiger partial charge is 0.488 e. The third kappa shape index (κ3) is 7.00. The van der Waals surface area contributed by atoms with E-state index in [9.17, 15) is 15.2 Å². The normalized spacial score (nSPS) is 12.7. The molecular formula is C35H33N5O8. The zero-order valence-corrected chi connectivity index (χ0v) is 26.4. The fraction of sp³-hybridized carbons (Fsp3) is 0.286. The number of aliphatic hydroxyl groups excluding tert-OH is 1. The maximum Gasteiger partial charge on any atom is 0.325 e. The number of esters is 1. The van der Waals surface area contributed by atoms with Gasteiger partial charge in [0.2, 0.25) is 0 Å². The Morgan fingerprint density at radius 1 is 1.02 bits per heavy atom. The molecule has 0 fully saturated rings. The van der Waals surface area contributed by atoms with E-state index >= 15 is 0 Å². The number of fused-ring (bicyclic) bond motifs is 2. The van der Waals surface area contributed by atoms with Crippen LogP contribution in [0.4, 0.5) is 0 Å². The van der Waals surface area contributed by atoms with Crippen LogP contribution >= 0.6 is 0 Å². The molecule has 13 nitrogen and oxygen atoms in total. The zero-order valence-electron chi connectivity index (χ0n) is 26.4. The molecule has 0 spiro atoms. The Morgan fingerprint density at radius 3 is 2.65 bits per heavy atom. The predicted octanol–water partition coefficient (Wildman–Crippen LogP) is 4.41. The lowest BCUT2D eigenvalue weighted by Crippen LogP contribution is -2.40. The first kappa shape index (κ1) is 32.2. The summed E-state index contributed by atoms with van der Waals surface area (Å²) < 4.78 is 34.3. The minimum atomic E-state index is -0.980. The maximum atomic E-state index is 12.4. The Bertz CT molecular complexity index is 1970. The third-order valence-corrected chi connectivity index (χ3v) is 7.86. The monoisotopic (exact) mass is 651 g/mol. The molecule has 1 aliphatic heterocycles. The van der Waals surface area contributed by atoms with Gasteiger partial charge in [-0.1, -0.05) is 24.3 Å². The van der Waals surface area contributed by atoms with E-state index in [1.807, 2.05) is 49.4 Å². The van der Waals surface area contributed by atoms with Crippen molar-refractivity contribution in [2.75, 3.05) is 26.4 Å². The fourth-order valence-electron chi connectivity index (χ4n) is 5.34. The van der Waals surface area contributed by atoms with Gasteiger partial charge >= 0.3 is 5.97 Å². The van der Waals surface area contributed by atoms with E-state index in [1.54, 1.807) is 25.1 Å². The molecule has 1 unspecified atom stereocenters. The van der Waals surface area contributed by atoms with E-state index < -0.39 is 18.6 Å².